The molecule has 110 valence electrons. The van der Waals surface area contributed by atoms with Crippen molar-refractivity contribution in [1.82, 2.24) is 4.90 Å². The van der Waals surface area contributed by atoms with Crippen molar-refractivity contribution in [3.8, 4) is 0 Å². The average Bonchev–Trinajstić information content (AvgIpc) is 2.94. The van der Waals surface area contributed by atoms with Gasteiger partial charge < -0.3 is 5.11 Å². The first-order valence-electron chi connectivity index (χ1n) is 6.45. The Labute approximate surface area is 136 Å². The molecule has 3 nitrogen and oxygen atoms in total. The molecule has 0 saturated carbocycles. The van der Waals surface area contributed by atoms with Crippen LogP contribution in [-0.2, 0) is 4.79 Å². The van der Waals surface area contributed by atoms with Crippen LogP contribution in [0, 0.1) is 0 Å². The van der Waals surface area contributed by atoms with E-state index in [1.54, 1.807) is 23.3 Å². The Hall–Kier alpha value is -1.43. The summed E-state index contributed by atoms with van der Waals surface area (Å²) in [6.07, 6.45) is 2.08. The van der Waals surface area contributed by atoms with Crippen molar-refractivity contribution >= 4 is 38.8 Å². The first-order chi connectivity index (χ1) is 10.1. The number of carbonyl (C=O) groups is 1. The molecule has 0 bridgehead atoms. The van der Waals surface area contributed by atoms with Gasteiger partial charge in [-0.15, -0.1) is 0 Å². The summed E-state index contributed by atoms with van der Waals surface area (Å²) in [6.45, 7) is 0.626. The normalized spacial score (nSPS) is 11.9. The van der Waals surface area contributed by atoms with E-state index in [1.165, 1.54) is 0 Å². The third kappa shape index (κ3) is 4.81. The van der Waals surface area contributed by atoms with E-state index in [9.17, 15) is 4.79 Å². The molecule has 2 aromatic rings. The van der Waals surface area contributed by atoms with Crippen molar-refractivity contribution in [2.75, 3.05) is 20.1 Å². The quantitative estimate of drug-likeness (QED) is 0.841. The molecule has 0 saturated heterocycles. The zero-order valence-electron chi connectivity index (χ0n) is 11.6. The summed E-state index contributed by atoms with van der Waals surface area (Å²) in [5.74, 6) is -0.813. The number of aliphatic carboxylic acids is 1. The number of carboxylic acid groups (broad SMARTS) is 1. The molecule has 21 heavy (non-hydrogen) atoms. The van der Waals surface area contributed by atoms with Gasteiger partial charge in [0.25, 0.3) is 0 Å². The van der Waals surface area contributed by atoms with Crippen LogP contribution in [0.5, 0.6) is 0 Å². The molecule has 1 heterocycles. The third-order valence-corrected chi connectivity index (χ3v) is 4.21. The molecule has 0 amide bonds. The van der Waals surface area contributed by atoms with Crippen molar-refractivity contribution in [3.63, 3.8) is 0 Å². The van der Waals surface area contributed by atoms with Crippen LogP contribution in [-0.4, -0.2) is 36.1 Å². The van der Waals surface area contributed by atoms with Crippen molar-refractivity contribution in [3.05, 3.63) is 62.8 Å². The highest BCUT2D eigenvalue weighted by Crippen LogP contribution is 2.26. The number of thiophene rings is 1. The highest BCUT2D eigenvalue weighted by atomic mass is 79.9. The van der Waals surface area contributed by atoms with E-state index in [0.717, 1.165) is 21.2 Å². The lowest BCUT2D eigenvalue weighted by Crippen LogP contribution is -2.25. The molecular formula is C16H16BrNO2S. The van der Waals surface area contributed by atoms with Gasteiger partial charge in [0, 0.05) is 11.0 Å². The number of carboxylic acids is 1. The Morgan fingerprint density at radius 3 is 2.57 bits per heavy atom. The summed E-state index contributed by atoms with van der Waals surface area (Å²) in [5, 5.41) is 13.0. The molecule has 0 spiro atoms. The minimum absolute atomic E-state index is 0.0355. The van der Waals surface area contributed by atoms with Crippen LogP contribution in [0.25, 0.3) is 5.57 Å². The SMILES string of the molecule is CN(C/C=C(/c1ccc(Br)cc1)c1ccsc1)CC(=O)O. The molecular weight excluding hydrogens is 350 g/mol. The fraction of sp³-hybridized carbons (Fsp3) is 0.188. The second kappa shape index (κ2) is 7.54. The van der Waals surface area contributed by atoms with Gasteiger partial charge in [-0.2, -0.15) is 11.3 Å². The van der Waals surface area contributed by atoms with E-state index < -0.39 is 5.97 Å². The van der Waals surface area contributed by atoms with Crippen LogP contribution in [0.3, 0.4) is 0 Å². The minimum Gasteiger partial charge on any atom is -0.480 e. The van der Waals surface area contributed by atoms with Gasteiger partial charge in [-0.25, -0.2) is 0 Å². The summed E-state index contributed by atoms with van der Waals surface area (Å²) >= 11 is 5.09. The van der Waals surface area contributed by atoms with Gasteiger partial charge in [-0.1, -0.05) is 34.1 Å². The Morgan fingerprint density at radius 2 is 2.00 bits per heavy atom. The fourth-order valence-corrected chi connectivity index (χ4v) is 2.91. The van der Waals surface area contributed by atoms with E-state index in [4.69, 9.17) is 5.11 Å². The van der Waals surface area contributed by atoms with Crippen LogP contribution >= 0.6 is 27.3 Å². The Bertz CT molecular complexity index is 620. The summed E-state index contributed by atoms with van der Waals surface area (Å²) in [7, 11) is 1.80. The molecule has 0 radical (unpaired) electrons. The molecule has 1 aromatic heterocycles. The van der Waals surface area contributed by atoms with Gasteiger partial charge in [0.05, 0.1) is 6.54 Å². The maximum absolute atomic E-state index is 10.7. The van der Waals surface area contributed by atoms with Crippen molar-refractivity contribution in [2.24, 2.45) is 0 Å². The summed E-state index contributed by atoms with van der Waals surface area (Å²) in [4.78, 5) is 12.5. The molecule has 5 heteroatoms. The van der Waals surface area contributed by atoms with Crippen LogP contribution in [0.2, 0.25) is 0 Å². The second-order valence-corrected chi connectivity index (χ2v) is 6.42. The van der Waals surface area contributed by atoms with Gasteiger partial charge >= 0.3 is 5.97 Å². The Balaban J connectivity index is 2.25. The monoisotopic (exact) mass is 365 g/mol. The first-order valence-corrected chi connectivity index (χ1v) is 8.19. The highest BCUT2D eigenvalue weighted by molar-refractivity contribution is 9.10. The molecule has 1 N–H and O–H groups in total. The van der Waals surface area contributed by atoms with Gasteiger partial charge in [-0.05, 0) is 52.7 Å². The number of hydrogen-bond donors (Lipinski definition) is 1. The molecule has 0 aliphatic rings. The van der Waals surface area contributed by atoms with Gasteiger partial charge in [-0.3, -0.25) is 9.69 Å². The highest BCUT2D eigenvalue weighted by Gasteiger charge is 2.07. The number of hydrogen-bond acceptors (Lipinski definition) is 3. The number of benzene rings is 1. The average molecular weight is 366 g/mol. The molecule has 0 aliphatic carbocycles. The number of halogens is 1. The van der Waals surface area contributed by atoms with Gasteiger partial charge in [0.15, 0.2) is 0 Å². The lowest BCUT2D eigenvalue weighted by atomic mass is 10.00. The first kappa shape index (κ1) is 15.9. The Morgan fingerprint density at radius 1 is 1.29 bits per heavy atom. The van der Waals surface area contributed by atoms with Crippen LogP contribution in [0.1, 0.15) is 11.1 Å². The van der Waals surface area contributed by atoms with Crippen LogP contribution in [0.4, 0.5) is 0 Å². The number of likely N-dealkylation sites (N-methyl/N-ethyl adjacent to an activating group) is 1. The van der Waals surface area contributed by atoms with Gasteiger partial charge in [0.2, 0.25) is 0 Å². The fourth-order valence-electron chi connectivity index (χ4n) is 1.99. The van der Waals surface area contributed by atoms with Crippen molar-refractivity contribution in [1.29, 1.82) is 0 Å². The smallest absolute Gasteiger partial charge is 0.317 e. The molecule has 0 atom stereocenters. The van der Waals surface area contributed by atoms with Crippen molar-refractivity contribution < 1.29 is 9.90 Å². The van der Waals surface area contributed by atoms with Crippen molar-refractivity contribution in [2.45, 2.75) is 0 Å². The maximum Gasteiger partial charge on any atom is 0.317 e. The van der Waals surface area contributed by atoms with E-state index in [2.05, 4.69) is 45.6 Å². The predicted octanol–water partition coefficient (Wildman–Crippen LogP) is 3.96. The number of nitrogens with zero attached hydrogens (tertiary/aromatic N) is 1. The summed E-state index contributed by atoms with van der Waals surface area (Å²) in [6, 6.07) is 10.2. The third-order valence-electron chi connectivity index (χ3n) is 3.00. The topological polar surface area (TPSA) is 40.5 Å². The summed E-state index contributed by atoms with van der Waals surface area (Å²) < 4.78 is 1.04. The number of rotatable bonds is 6. The lowest BCUT2D eigenvalue weighted by Gasteiger charge is -2.13. The van der Waals surface area contributed by atoms with E-state index >= 15 is 0 Å². The summed E-state index contributed by atoms with van der Waals surface area (Å²) in [5.41, 5.74) is 3.41. The molecule has 0 fully saturated rings. The largest absolute Gasteiger partial charge is 0.480 e. The van der Waals surface area contributed by atoms with Crippen LogP contribution < -0.4 is 0 Å². The van der Waals surface area contributed by atoms with E-state index in [1.807, 2.05) is 17.5 Å². The van der Waals surface area contributed by atoms with E-state index in [0.29, 0.717) is 6.54 Å². The Kier molecular flexibility index (Phi) is 5.73. The minimum atomic E-state index is -0.813. The van der Waals surface area contributed by atoms with Gasteiger partial charge in [0.1, 0.15) is 0 Å². The zero-order chi connectivity index (χ0) is 15.2. The maximum atomic E-state index is 10.7. The zero-order valence-corrected chi connectivity index (χ0v) is 14.0. The molecule has 2 rings (SSSR count). The van der Waals surface area contributed by atoms with Crippen LogP contribution in [0.15, 0.2) is 51.6 Å². The molecule has 0 unspecified atom stereocenters. The predicted molar refractivity (Wildman–Crippen MR) is 90.7 cm³/mol. The lowest BCUT2D eigenvalue weighted by molar-refractivity contribution is -0.137. The van der Waals surface area contributed by atoms with E-state index in [-0.39, 0.29) is 6.54 Å². The molecule has 0 aliphatic heterocycles. The molecule has 1 aromatic carbocycles. The standard InChI is InChI=1S/C16H16BrNO2S/c1-18(10-16(19)20)8-6-15(13-7-9-21-11-13)12-2-4-14(17)5-3-12/h2-7,9,11H,8,10H2,1H3,(H,19,20)/b15-6-. The second-order valence-electron chi connectivity index (χ2n) is 4.73.